The van der Waals surface area contributed by atoms with E-state index in [1.165, 1.54) is 133 Å². The van der Waals surface area contributed by atoms with Crippen molar-refractivity contribution in [2.75, 3.05) is 0 Å². The molecule has 0 amide bonds. The zero-order valence-electron chi connectivity index (χ0n) is 29.2. The third kappa shape index (κ3) is 10.7. The highest BCUT2D eigenvalue weighted by Gasteiger charge is 2.24. The fourth-order valence-electron chi connectivity index (χ4n) is 7.11. The molecule has 0 aliphatic rings. The largest absolute Gasteiger partial charge is 0.280 e. The maximum Gasteiger partial charge on any atom is 0.122 e. The van der Waals surface area contributed by atoms with Gasteiger partial charge in [-0.2, -0.15) is 5.10 Å². The molecule has 5 nitrogen and oxygen atoms in total. The number of rotatable bonds is 24. The van der Waals surface area contributed by atoms with Gasteiger partial charge >= 0.3 is 0 Å². The molecule has 4 heterocycles. The van der Waals surface area contributed by atoms with Crippen molar-refractivity contribution in [2.45, 2.75) is 149 Å². The molecular formula is C39H55Br2N5S2. The Bertz CT molecular complexity index is 1560. The van der Waals surface area contributed by atoms with Gasteiger partial charge in [0.2, 0.25) is 0 Å². The van der Waals surface area contributed by atoms with Gasteiger partial charge in [-0.25, -0.2) is 14.8 Å². The molecule has 0 spiro atoms. The zero-order chi connectivity index (χ0) is 33.6. The van der Waals surface area contributed by atoms with Crippen molar-refractivity contribution < 1.29 is 0 Å². The maximum atomic E-state index is 5.32. The Hall–Kier alpha value is -1.55. The van der Waals surface area contributed by atoms with E-state index in [9.17, 15) is 0 Å². The molecule has 0 fully saturated rings. The standard InChI is InChI=1S/C39H55Br2N5S2/c1-3-5-7-9-11-13-14-16-18-20-22-29(21-19-17-15-12-10-8-6-4-2)27-46-44-38-34(30-23-25-32(40)47-30)36-37(43-28-42-36)35(39(38)45-46)31-24-26-33(41)48-31/h23-26,28-29,44H,3-22,27H2,1-2H3. The molecule has 5 rings (SSSR count). The van der Waals surface area contributed by atoms with E-state index in [4.69, 9.17) is 15.1 Å². The van der Waals surface area contributed by atoms with Gasteiger partial charge < -0.3 is 0 Å². The average Bonchev–Trinajstić information content (AvgIpc) is 3.90. The van der Waals surface area contributed by atoms with E-state index in [2.05, 4.69) is 79.9 Å². The quantitative estimate of drug-likeness (QED) is 0.0631. The molecule has 0 saturated heterocycles. The molecule has 0 saturated carbocycles. The van der Waals surface area contributed by atoms with E-state index in [-0.39, 0.29) is 0 Å². The molecular weight excluding hydrogens is 762 g/mol. The van der Waals surface area contributed by atoms with Crippen LogP contribution in [0.4, 0.5) is 0 Å². The number of halogens is 2. The first-order chi connectivity index (χ1) is 23.6. The number of thiophene rings is 2. The molecule has 0 aliphatic carbocycles. The second kappa shape index (κ2) is 20.3. The number of hydrogen-bond donors (Lipinski definition) is 1. The third-order valence-corrected chi connectivity index (χ3v) is 13.0. The highest BCUT2D eigenvalue weighted by atomic mass is 79.9. The Morgan fingerprint density at radius 1 is 0.604 bits per heavy atom. The highest BCUT2D eigenvalue weighted by Crippen LogP contribution is 2.45. The van der Waals surface area contributed by atoms with Crippen LogP contribution < -0.4 is 0 Å². The van der Waals surface area contributed by atoms with E-state index < -0.39 is 0 Å². The Morgan fingerprint density at radius 3 is 1.54 bits per heavy atom. The van der Waals surface area contributed by atoms with E-state index in [0.29, 0.717) is 5.92 Å². The number of nitrogens with zero attached hydrogens (tertiary/aromatic N) is 4. The van der Waals surface area contributed by atoms with E-state index >= 15 is 0 Å². The first kappa shape index (κ1) is 37.7. The van der Waals surface area contributed by atoms with Gasteiger partial charge in [0.25, 0.3) is 0 Å². The Morgan fingerprint density at radius 2 is 1.06 bits per heavy atom. The predicted molar refractivity (Wildman–Crippen MR) is 216 cm³/mol. The molecule has 4 aromatic heterocycles. The van der Waals surface area contributed by atoms with Crippen molar-refractivity contribution in [2.24, 2.45) is 5.92 Å². The van der Waals surface area contributed by atoms with Crippen LogP contribution in [0.1, 0.15) is 142 Å². The molecule has 1 N–H and O–H groups in total. The van der Waals surface area contributed by atoms with Crippen LogP contribution in [0.5, 0.6) is 0 Å². The normalized spacial score (nSPS) is 12.6. The number of unbranched alkanes of at least 4 members (excludes halogenated alkanes) is 16. The van der Waals surface area contributed by atoms with Crippen molar-refractivity contribution in [3.8, 4) is 20.9 Å². The number of benzene rings is 1. The molecule has 0 aliphatic heterocycles. The Labute approximate surface area is 313 Å². The van der Waals surface area contributed by atoms with Gasteiger partial charge in [0.1, 0.15) is 22.9 Å². The van der Waals surface area contributed by atoms with Gasteiger partial charge in [-0.1, -0.05) is 129 Å². The molecule has 0 radical (unpaired) electrons. The predicted octanol–water partition coefficient (Wildman–Crippen LogP) is 14.7. The summed E-state index contributed by atoms with van der Waals surface area (Å²) < 4.78 is 2.22. The molecule has 0 bridgehead atoms. The van der Waals surface area contributed by atoms with Gasteiger partial charge in [-0.05, 0) is 74.9 Å². The Balaban J connectivity index is 1.32. The van der Waals surface area contributed by atoms with Crippen LogP contribution in [0, 0.1) is 5.92 Å². The molecule has 9 heteroatoms. The third-order valence-electron chi connectivity index (χ3n) is 9.76. The summed E-state index contributed by atoms with van der Waals surface area (Å²) in [5, 5.41) is 9.12. The maximum absolute atomic E-state index is 5.32. The van der Waals surface area contributed by atoms with Crippen molar-refractivity contribution in [3.63, 3.8) is 0 Å². The second-order valence-corrected chi connectivity index (χ2v) is 18.6. The number of aromatic nitrogens is 5. The van der Waals surface area contributed by atoms with E-state index in [1.54, 1.807) is 29.0 Å². The molecule has 48 heavy (non-hydrogen) atoms. The van der Waals surface area contributed by atoms with Crippen LogP contribution in [-0.2, 0) is 6.54 Å². The summed E-state index contributed by atoms with van der Waals surface area (Å²) in [6.07, 6.45) is 29.1. The van der Waals surface area contributed by atoms with Crippen molar-refractivity contribution >= 4 is 76.6 Å². The van der Waals surface area contributed by atoms with E-state index in [0.717, 1.165) is 52.2 Å². The summed E-state index contributed by atoms with van der Waals surface area (Å²) in [6.45, 7) is 5.53. The monoisotopic (exact) mass is 815 g/mol. The lowest BCUT2D eigenvalue weighted by atomic mass is 9.94. The van der Waals surface area contributed by atoms with Gasteiger partial charge in [-0.3, -0.25) is 5.10 Å². The first-order valence-corrected chi connectivity index (χ1v) is 22.1. The van der Waals surface area contributed by atoms with Gasteiger partial charge in [0, 0.05) is 20.9 Å². The van der Waals surface area contributed by atoms with Crippen LogP contribution in [0.15, 0.2) is 38.2 Å². The van der Waals surface area contributed by atoms with Crippen molar-refractivity contribution in [3.05, 3.63) is 38.2 Å². The van der Waals surface area contributed by atoms with Crippen LogP contribution in [0.25, 0.3) is 42.9 Å². The number of imidazole rings is 1. The second-order valence-electron chi connectivity index (χ2n) is 13.6. The minimum absolute atomic E-state index is 0.623. The highest BCUT2D eigenvalue weighted by molar-refractivity contribution is 9.11. The smallest absolute Gasteiger partial charge is 0.122 e. The van der Waals surface area contributed by atoms with Crippen LogP contribution >= 0.6 is 54.5 Å². The number of nitrogens with one attached hydrogen (secondary N) is 1. The topological polar surface area (TPSA) is 59.4 Å². The molecule has 1 atom stereocenters. The average molecular weight is 818 g/mol. The lowest BCUT2D eigenvalue weighted by molar-refractivity contribution is 0.326. The van der Waals surface area contributed by atoms with Gasteiger partial charge in [0.05, 0.1) is 19.6 Å². The summed E-state index contributed by atoms with van der Waals surface area (Å²) >= 11 is 10.9. The zero-order valence-corrected chi connectivity index (χ0v) is 34.0. The first-order valence-electron chi connectivity index (χ1n) is 18.8. The summed E-state index contributed by atoms with van der Waals surface area (Å²) in [6, 6.07) is 8.59. The van der Waals surface area contributed by atoms with Crippen molar-refractivity contribution in [1.82, 2.24) is 25.0 Å². The van der Waals surface area contributed by atoms with Crippen LogP contribution in [-0.4, -0.2) is 25.0 Å². The van der Waals surface area contributed by atoms with Crippen molar-refractivity contribution in [1.29, 1.82) is 0 Å². The summed E-state index contributed by atoms with van der Waals surface area (Å²) in [5.41, 5.74) is 6.09. The molecule has 1 unspecified atom stereocenters. The Kier molecular flexibility index (Phi) is 16.0. The molecule has 262 valence electrons. The van der Waals surface area contributed by atoms with Gasteiger partial charge in [-0.15, -0.1) is 22.7 Å². The number of H-pyrrole nitrogens is 1. The van der Waals surface area contributed by atoms with Crippen LogP contribution in [0.3, 0.4) is 0 Å². The number of aromatic amines is 1. The SMILES string of the molecule is CCCCCCCCCCCCC(CCCCCCCCCC)Cn1nc2c(-c3ccc(Br)s3)c3ncnc3c(-c3ccc(Br)s3)c2[nH]1. The van der Waals surface area contributed by atoms with Gasteiger partial charge in [0.15, 0.2) is 0 Å². The fraction of sp³-hybridized carbons (Fsp3) is 0.615. The summed E-state index contributed by atoms with van der Waals surface area (Å²) in [7, 11) is 0. The van der Waals surface area contributed by atoms with Crippen LogP contribution in [0.2, 0.25) is 0 Å². The number of fused-ring (bicyclic) bond motifs is 2. The minimum Gasteiger partial charge on any atom is -0.280 e. The summed E-state index contributed by atoms with van der Waals surface area (Å²) in [4.78, 5) is 14.1. The minimum atomic E-state index is 0.623. The lowest BCUT2D eigenvalue weighted by Crippen LogP contribution is -2.14. The number of hydrogen-bond acceptors (Lipinski definition) is 5. The summed E-state index contributed by atoms with van der Waals surface area (Å²) in [5.74, 6) is 0.623. The molecule has 5 aromatic rings. The lowest BCUT2D eigenvalue weighted by Gasteiger charge is -2.17. The fourth-order valence-corrected chi connectivity index (χ4v) is 9.98. The molecule has 1 aromatic carbocycles. The van der Waals surface area contributed by atoms with E-state index in [1.807, 2.05) is 0 Å².